The van der Waals surface area contributed by atoms with E-state index in [1.807, 2.05) is 4.90 Å². The van der Waals surface area contributed by atoms with Crippen molar-refractivity contribution in [3.05, 3.63) is 37.6 Å². The molecule has 0 saturated heterocycles. The van der Waals surface area contributed by atoms with E-state index >= 15 is 0 Å². The number of thiophene rings is 1. The Morgan fingerprint density at radius 1 is 1.60 bits per heavy atom. The Morgan fingerprint density at radius 2 is 2.40 bits per heavy atom. The highest BCUT2D eigenvalue weighted by atomic mass is 35.5. The molecule has 0 aliphatic carbocycles. The van der Waals surface area contributed by atoms with Crippen LogP contribution in [0.5, 0.6) is 0 Å². The average Bonchev–Trinajstić information content (AvgIpc) is 2.76. The molecule has 8 heteroatoms. The molecule has 3 rings (SSSR count). The van der Waals surface area contributed by atoms with Gasteiger partial charge in [0.05, 0.1) is 24.0 Å². The summed E-state index contributed by atoms with van der Waals surface area (Å²) < 4.78 is 0. The number of anilines is 2. The quantitative estimate of drug-likeness (QED) is 0.832. The van der Waals surface area contributed by atoms with Gasteiger partial charge in [-0.2, -0.15) is 10.4 Å². The van der Waals surface area contributed by atoms with E-state index in [1.54, 1.807) is 0 Å². The van der Waals surface area contributed by atoms with Gasteiger partial charge in [0.25, 0.3) is 5.56 Å². The normalized spacial score (nSPS) is 13.9. The number of nitrogen functional groups attached to an aromatic ring is 1. The summed E-state index contributed by atoms with van der Waals surface area (Å²) in [7, 11) is 0. The Balaban J connectivity index is 1.99. The molecule has 0 saturated carbocycles. The summed E-state index contributed by atoms with van der Waals surface area (Å²) in [5, 5.41) is 15.9. The number of fused-ring (bicyclic) bond motifs is 1. The van der Waals surface area contributed by atoms with E-state index < -0.39 is 5.56 Å². The zero-order valence-corrected chi connectivity index (χ0v) is 11.9. The predicted octanol–water partition coefficient (Wildman–Crippen LogP) is 1.50. The molecule has 0 amide bonds. The second-order valence-electron chi connectivity index (χ2n) is 4.42. The molecule has 0 spiro atoms. The summed E-state index contributed by atoms with van der Waals surface area (Å²) in [6.45, 7) is 1.25. The molecule has 0 bridgehead atoms. The van der Waals surface area contributed by atoms with Gasteiger partial charge < -0.3 is 10.6 Å². The molecule has 1 aliphatic rings. The van der Waals surface area contributed by atoms with Crippen molar-refractivity contribution in [3.63, 3.8) is 0 Å². The van der Waals surface area contributed by atoms with Crippen LogP contribution in [0, 0.1) is 11.3 Å². The van der Waals surface area contributed by atoms with E-state index in [0.29, 0.717) is 35.8 Å². The molecule has 1 aliphatic heterocycles. The van der Waals surface area contributed by atoms with Gasteiger partial charge >= 0.3 is 0 Å². The van der Waals surface area contributed by atoms with E-state index in [0.717, 1.165) is 10.4 Å². The fourth-order valence-corrected chi connectivity index (χ4v) is 3.64. The Kier molecular flexibility index (Phi) is 3.12. The Hall–Kier alpha value is -2.04. The summed E-state index contributed by atoms with van der Waals surface area (Å²) in [6, 6.07) is 2.15. The maximum Gasteiger partial charge on any atom is 0.285 e. The van der Waals surface area contributed by atoms with Crippen LogP contribution in [0.4, 0.5) is 10.7 Å². The smallest absolute Gasteiger partial charge is 0.285 e. The van der Waals surface area contributed by atoms with Crippen LogP contribution >= 0.6 is 22.9 Å². The first kappa shape index (κ1) is 13.0. The molecular formula is C12H10ClN5OS. The minimum Gasteiger partial charge on any atom is -0.389 e. The molecule has 0 unspecified atom stereocenters. The molecule has 0 aromatic carbocycles. The molecular weight excluding hydrogens is 298 g/mol. The Bertz CT molecular complexity index is 775. The zero-order chi connectivity index (χ0) is 14.3. The SMILES string of the molecule is N#Cc1c(N)sc2c1CCN(c1cn[nH]c(=O)c1Cl)C2. The van der Waals surface area contributed by atoms with E-state index in [4.69, 9.17) is 22.6 Å². The highest BCUT2D eigenvalue weighted by Crippen LogP contribution is 2.36. The predicted molar refractivity (Wildman–Crippen MR) is 78.1 cm³/mol. The summed E-state index contributed by atoms with van der Waals surface area (Å²) >= 11 is 7.43. The molecule has 6 nitrogen and oxygen atoms in total. The van der Waals surface area contributed by atoms with Crippen LogP contribution < -0.4 is 16.2 Å². The highest BCUT2D eigenvalue weighted by molar-refractivity contribution is 7.16. The summed E-state index contributed by atoms with van der Waals surface area (Å²) in [4.78, 5) is 14.5. The Labute approximate surface area is 123 Å². The van der Waals surface area contributed by atoms with Crippen molar-refractivity contribution in [3.8, 4) is 6.07 Å². The van der Waals surface area contributed by atoms with Crippen LogP contribution in [-0.2, 0) is 13.0 Å². The van der Waals surface area contributed by atoms with Gasteiger partial charge in [-0.15, -0.1) is 11.3 Å². The van der Waals surface area contributed by atoms with Crippen molar-refractivity contribution in [2.75, 3.05) is 17.2 Å². The van der Waals surface area contributed by atoms with Gasteiger partial charge in [0.2, 0.25) is 0 Å². The van der Waals surface area contributed by atoms with E-state index in [-0.39, 0.29) is 5.02 Å². The van der Waals surface area contributed by atoms with Crippen molar-refractivity contribution < 1.29 is 0 Å². The maximum atomic E-state index is 11.5. The topological polar surface area (TPSA) is 98.8 Å². The third-order valence-electron chi connectivity index (χ3n) is 3.31. The number of aromatic amines is 1. The third-order valence-corrected chi connectivity index (χ3v) is 4.72. The lowest BCUT2D eigenvalue weighted by Gasteiger charge is -2.28. The van der Waals surface area contributed by atoms with Crippen LogP contribution in [-0.4, -0.2) is 16.7 Å². The first-order chi connectivity index (χ1) is 9.61. The monoisotopic (exact) mass is 307 g/mol. The summed E-state index contributed by atoms with van der Waals surface area (Å²) in [6.07, 6.45) is 2.24. The minimum atomic E-state index is -0.404. The standard InChI is InChI=1S/C12H10ClN5OS/c13-10-8(4-16-17-12(10)19)18-2-1-6-7(3-14)11(15)20-9(6)5-18/h4H,1-2,5,15H2,(H,17,19). The zero-order valence-electron chi connectivity index (χ0n) is 10.3. The Morgan fingerprint density at radius 3 is 3.15 bits per heavy atom. The lowest BCUT2D eigenvalue weighted by Crippen LogP contribution is -2.31. The lowest BCUT2D eigenvalue weighted by molar-refractivity contribution is 0.738. The molecule has 0 fully saturated rings. The highest BCUT2D eigenvalue weighted by Gasteiger charge is 2.25. The molecule has 2 aromatic rings. The summed E-state index contributed by atoms with van der Waals surface area (Å²) in [5.74, 6) is 0. The van der Waals surface area contributed by atoms with Crippen molar-refractivity contribution in [2.24, 2.45) is 0 Å². The second-order valence-corrected chi connectivity index (χ2v) is 5.94. The van der Waals surface area contributed by atoms with Gasteiger partial charge in [-0.25, -0.2) is 5.10 Å². The largest absolute Gasteiger partial charge is 0.389 e. The molecule has 3 N–H and O–H groups in total. The van der Waals surface area contributed by atoms with Crippen molar-refractivity contribution in [1.82, 2.24) is 10.2 Å². The van der Waals surface area contributed by atoms with Gasteiger partial charge in [0.1, 0.15) is 16.1 Å². The molecule has 102 valence electrons. The van der Waals surface area contributed by atoms with Crippen LogP contribution in [0.2, 0.25) is 5.02 Å². The van der Waals surface area contributed by atoms with Crippen molar-refractivity contribution >= 4 is 33.6 Å². The van der Waals surface area contributed by atoms with E-state index in [9.17, 15) is 4.79 Å². The van der Waals surface area contributed by atoms with Crippen LogP contribution in [0.25, 0.3) is 0 Å². The van der Waals surface area contributed by atoms with Gasteiger partial charge in [-0.05, 0) is 12.0 Å². The average molecular weight is 308 g/mol. The van der Waals surface area contributed by atoms with Crippen molar-refractivity contribution in [2.45, 2.75) is 13.0 Å². The number of nitrogens with one attached hydrogen (secondary N) is 1. The van der Waals surface area contributed by atoms with E-state index in [2.05, 4.69) is 16.3 Å². The molecule has 0 atom stereocenters. The number of aromatic nitrogens is 2. The van der Waals surface area contributed by atoms with Crippen LogP contribution in [0.1, 0.15) is 16.0 Å². The lowest BCUT2D eigenvalue weighted by atomic mass is 10.0. The number of H-pyrrole nitrogens is 1. The van der Waals surface area contributed by atoms with Crippen LogP contribution in [0.15, 0.2) is 11.0 Å². The van der Waals surface area contributed by atoms with Gasteiger partial charge in [0, 0.05) is 11.4 Å². The number of hydrogen-bond donors (Lipinski definition) is 2. The first-order valence-corrected chi connectivity index (χ1v) is 7.09. The second kappa shape index (κ2) is 4.81. The minimum absolute atomic E-state index is 0.133. The van der Waals surface area contributed by atoms with Crippen LogP contribution in [0.3, 0.4) is 0 Å². The number of hydrogen-bond acceptors (Lipinski definition) is 6. The van der Waals surface area contributed by atoms with Gasteiger partial charge in [-0.3, -0.25) is 4.79 Å². The fraction of sp³-hybridized carbons (Fsp3) is 0.250. The molecule has 3 heterocycles. The van der Waals surface area contributed by atoms with Gasteiger partial charge in [0.15, 0.2) is 0 Å². The molecule has 0 radical (unpaired) electrons. The number of nitrogens with zero attached hydrogens (tertiary/aromatic N) is 3. The number of rotatable bonds is 1. The maximum absolute atomic E-state index is 11.5. The first-order valence-electron chi connectivity index (χ1n) is 5.90. The summed E-state index contributed by atoms with van der Waals surface area (Å²) in [5.41, 5.74) is 7.65. The van der Waals surface area contributed by atoms with E-state index in [1.165, 1.54) is 17.5 Å². The number of halogens is 1. The molecule has 2 aromatic heterocycles. The third kappa shape index (κ3) is 1.94. The fourth-order valence-electron chi connectivity index (χ4n) is 2.35. The number of nitrogens with two attached hydrogens (primary N) is 1. The van der Waals surface area contributed by atoms with Crippen molar-refractivity contribution in [1.29, 1.82) is 5.26 Å². The molecule has 20 heavy (non-hydrogen) atoms. The van der Waals surface area contributed by atoms with Gasteiger partial charge in [-0.1, -0.05) is 11.6 Å². The number of nitriles is 1.